The third kappa shape index (κ3) is 4.53. The molecule has 0 bridgehead atoms. The van der Waals surface area contributed by atoms with Crippen molar-refractivity contribution in [3.8, 4) is 0 Å². The molecule has 3 rings (SSSR count). The summed E-state index contributed by atoms with van der Waals surface area (Å²) in [6, 6.07) is 13.4. The first-order valence-electron chi connectivity index (χ1n) is 7.99. The van der Waals surface area contributed by atoms with Crippen molar-refractivity contribution in [3.63, 3.8) is 0 Å². The van der Waals surface area contributed by atoms with Gasteiger partial charge in [0.05, 0.1) is 22.7 Å². The van der Waals surface area contributed by atoms with Gasteiger partial charge in [-0.15, -0.1) is 0 Å². The second-order valence-corrected chi connectivity index (χ2v) is 8.45. The lowest BCUT2D eigenvalue weighted by atomic mass is 10.1. The third-order valence-electron chi connectivity index (χ3n) is 3.96. The number of carbonyl (C=O) groups excluding carboxylic acids is 1. The van der Waals surface area contributed by atoms with Crippen molar-refractivity contribution in [3.05, 3.63) is 64.1 Å². The predicted molar refractivity (Wildman–Crippen MR) is 103 cm³/mol. The SMILES string of the molecule is NNC(=O)c1ccccc1S(=O)(=O)NCC1CC(c2ccc(Br)cc2)=NO1. The van der Waals surface area contributed by atoms with Gasteiger partial charge in [0.25, 0.3) is 5.91 Å². The summed E-state index contributed by atoms with van der Waals surface area (Å²) >= 11 is 3.37. The van der Waals surface area contributed by atoms with E-state index in [4.69, 9.17) is 10.7 Å². The van der Waals surface area contributed by atoms with E-state index in [2.05, 4.69) is 25.8 Å². The monoisotopic (exact) mass is 452 g/mol. The minimum atomic E-state index is -3.92. The minimum absolute atomic E-state index is 0.0183. The number of benzene rings is 2. The molecule has 1 unspecified atom stereocenters. The molecule has 1 aliphatic heterocycles. The van der Waals surface area contributed by atoms with Crippen LogP contribution < -0.4 is 16.0 Å². The van der Waals surface area contributed by atoms with Crippen molar-refractivity contribution in [1.82, 2.24) is 10.1 Å². The van der Waals surface area contributed by atoms with Crippen molar-refractivity contribution in [2.75, 3.05) is 6.54 Å². The van der Waals surface area contributed by atoms with Gasteiger partial charge in [-0.05, 0) is 29.8 Å². The van der Waals surface area contributed by atoms with Crippen molar-refractivity contribution < 1.29 is 18.0 Å². The van der Waals surface area contributed by atoms with Gasteiger partial charge in [0.15, 0.2) is 0 Å². The Morgan fingerprint density at radius 3 is 2.63 bits per heavy atom. The van der Waals surface area contributed by atoms with E-state index >= 15 is 0 Å². The molecule has 0 saturated heterocycles. The number of halogens is 1. The molecule has 1 amide bonds. The average Bonchev–Trinajstić information content (AvgIpc) is 3.15. The van der Waals surface area contributed by atoms with Crippen molar-refractivity contribution in [2.45, 2.75) is 17.4 Å². The van der Waals surface area contributed by atoms with Crippen LogP contribution >= 0.6 is 15.9 Å². The molecule has 2 aromatic carbocycles. The first kappa shape index (κ1) is 19.5. The molecule has 142 valence electrons. The van der Waals surface area contributed by atoms with Crippen molar-refractivity contribution in [2.24, 2.45) is 11.0 Å². The van der Waals surface area contributed by atoms with Gasteiger partial charge in [0, 0.05) is 10.9 Å². The highest BCUT2D eigenvalue weighted by molar-refractivity contribution is 9.10. The topological polar surface area (TPSA) is 123 Å². The molecular weight excluding hydrogens is 436 g/mol. The number of nitrogens with two attached hydrogens (primary N) is 1. The molecule has 10 heteroatoms. The van der Waals surface area contributed by atoms with E-state index in [1.54, 1.807) is 6.07 Å². The fourth-order valence-corrected chi connectivity index (χ4v) is 4.13. The van der Waals surface area contributed by atoms with E-state index < -0.39 is 22.0 Å². The summed E-state index contributed by atoms with van der Waals surface area (Å²) < 4.78 is 28.6. The van der Waals surface area contributed by atoms with Crippen LogP contribution in [-0.4, -0.2) is 32.7 Å². The number of nitrogens with zero attached hydrogens (tertiary/aromatic N) is 1. The second-order valence-electron chi connectivity index (χ2n) is 5.80. The lowest BCUT2D eigenvalue weighted by Crippen LogP contribution is -2.35. The Balaban J connectivity index is 1.66. The highest BCUT2D eigenvalue weighted by atomic mass is 79.9. The minimum Gasteiger partial charge on any atom is -0.390 e. The number of nitrogens with one attached hydrogen (secondary N) is 2. The lowest BCUT2D eigenvalue weighted by molar-refractivity contribution is 0.0891. The molecule has 1 atom stereocenters. The summed E-state index contributed by atoms with van der Waals surface area (Å²) in [5, 5.41) is 4.04. The van der Waals surface area contributed by atoms with Gasteiger partial charge in [-0.3, -0.25) is 10.2 Å². The van der Waals surface area contributed by atoms with E-state index in [1.165, 1.54) is 18.2 Å². The third-order valence-corrected chi connectivity index (χ3v) is 5.97. The highest BCUT2D eigenvalue weighted by Crippen LogP contribution is 2.20. The maximum Gasteiger partial charge on any atom is 0.266 e. The predicted octanol–water partition coefficient (Wildman–Crippen LogP) is 1.52. The van der Waals surface area contributed by atoms with Gasteiger partial charge in [-0.25, -0.2) is 19.0 Å². The standard InChI is InChI=1S/C17H17BrN4O4S/c18-12-7-5-11(6-8-12)15-9-13(26-22-15)10-20-27(24,25)16-4-2-1-3-14(16)17(23)21-19/h1-8,13,20H,9-10,19H2,(H,21,23). The number of oxime groups is 1. The number of carbonyl (C=O) groups is 1. The second kappa shape index (κ2) is 8.17. The molecule has 0 aromatic heterocycles. The van der Waals surface area contributed by atoms with Crippen LogP contribution in [0.25, 0.3) is 0 Å². The molecule has 2 aromatic rings. The van der Waals surface area contributed by atoms with Crippen LogP contribution in [0.1, 0.15) is 22.3 Å². The first-order valence-corrected chi connectivity index (χ1v) is 10.3. The number of sulfonamides is 1. The fourth-order valence-electron chi connectivity index (χ4n) is 2.60. The molecule has 4 N–H and O–H groups in total. The van der Waals surface area contributed by atoms with Crippen molar-refractivity contribution in [1.29, 1.82) is 0 Å². The molecule has 8 nitrogen and oxygen atoms in total. The quantitative estimate of drug-likeness (QED) is 0.348. The smallest absolute Gasteiger partial charge is 0.266 e. The zero-order chi connectivity index (χ0) is 19.4. The normalized spacial score (nSPS) is 16.5. The number of amides is 1. The van der Waals surface area contributed by atoms with Crippen LogP contribution in [0.2, 0.25) is 0 Å². The van der Waals surface area contributed by atoms with Gasteiger partial charge in [0.2, 0.25) is 10.0 Å². The Morgan fingerprint density at radius 1 is 1.22 bits per heavy atom. The van der Waals surface area contributed by atoms with Crippen LogP contribution in [0, 0.1) is 0 Å². The molecular formula is C17H17BrN4O4S. The fraction of sp³-hybridized carbons (Fsp3) is 0.176. The molecule has 0 saturated carbocycles. The summed E-state index contributed by atoms with van der Waals surface area (Å²) in [4.78, 5) is 17.0. The zero-order valence-electron chi connectivity index (χ0n) is 14.1. The summed E-state index contributed by atoms with van der Waals surface area (Å²) in [5.74, 6) is 4.43. The van der Waals surface area contributed by atoms with Crippen LogP contribution in [-0.2, 0) is 14.9 Å². The first-order chi connectivity index (χ1) is 12.9. The summed E-state index contributed by atoms with van der Waals surface area (Å²) in [6.45, 7) is 0.0183. The molecule has 0 aliphatic carbocycles. The highest BCUT2D eigenvalue weighted by Gasteiger charge is 2.26. The van der Waals surface area contributed by atoms with Gasteiger partial charge in [0.1, 0.15) is 6.10 Å². The van der Waals surface area contributed by atoms with Gasteiger partial charge < -0.3 is 4.84 Å². The molecule has 0 spiro atoms. The Hall–Kier alpha value is -2.27. The molecule has 1 heterocycles. The summed E-state index contributed by atoms with van der Waals surface area (Å²) in [5.41, 5.74) is 3.56. The number of rotatable bonds is 6. The number of hydrazine groups is 1. The maximum absolute atomic E-state index is 12.6. The van der Waals surface area contributed by atoms with Gasteiger partial charge >= 0.3 is 0 Å². The zero-order valence-corrected chi connectivity index (χ0v) is 16.5. The Kier molecular flexibility index (Phi) is 5.90. The summed E-state index contributed by atoms with van der Waals surface area (Å²) in [7, 11) is -3.92. The Labute approximate surface area is 164 Å². The van der Waals surface area contributed by atoms with Crippen LogP contribution in [0.3, 0.4) is 0 Å². The average molecular weight is 453 g/mol. The van der Waals surface area contributed by atoms with E-state index in [9.17, 15) is 13.2 Å². The van der Waals surface area contributed by atoms with Crippen LogP contribution in [0.4, 0.5) is 0 Å². The molecule has 27 heavy (non-hydrogen) atoms. The van der Waals surface area contributed by atoms with Crippen LogP contribution in [0.5, 0.6) is 0 Å². The molecule has 1 aliphatic rings. The Bertz CT molecular complexity index is 977. The van der Waals surface area contributed by atoms with Crippen molar-refractivity contribution >= 4 is 37.6 Å². The van der Waals surface area contributed by atoms with Gasteiger partial charge in [-0.2, -0.15) is 0 Å². The Morgan fingerprint density at radius 2 is 1.93 bits per heavy atom. The lowest BCUT2D eigenvalue weighted by Gasteiger charge is -2.13. The molecule has 0 radical (unpaired) electrons. The van der Waals surface area contributed by atoms with Crippen LogP contribution in [0.15, 0.2) is 63.1 Å². The largest absolute Gasteiger partial charge is 0.390 e. The van der Waals surface area contributed by atoms with Gasteiger partial charge in [-0.1, -0.05) is 45.4 Å². The van der Waals surface area contributed by atoms with E-state index in [0.29, 0.717) is 6.42 Å². The van der Waals surface area contributed by atoms with E-state index in [0.717, 1.165) is 15.7 Å². The van der Waals surface area contributed by atoms with E-state index in [1.807, 2.05) is 29.7 Å². The van der Waals surface area contributed by atoms with E-state index in [-0.39, 0.29) is 17.0 Å². The number of hydrogen-bond acceptors (Lipinski definition) is 6. The summed E-state index contributed by atoms with van der Waals surface area (Å²) in [6.07, 6.45) is 0.0312. The molecule has 0 fully saturated rings. The number of hydrogen-bond donors (Lipinski definition) is 3. The maximum atomic E-state index is 12.6. The number of nitrogen functional groups attached to an aromatic ring is 1.